The highest BCUT2D eigenvalue weighted by Crippen LogP contribution is 2.15. The van der Waals surface area contributed by atoms with Gasteiger partial charge in [-0.1, -0.05) is 12.1 Å². The largest absolute Gasteiger partial charge is 0.352 e. The third kappa shape index (κ3) is 6.21. The van der Waals surface area contributed by atoms with E-state index >= 15 is 0 Å². The minimum absolute atomic E-state index is 0. The third-order valence-corrected chi connectivity index (χ3v) is 5.65. The van der Waals surface area contributed by atoms with Gasteiger partial charge in [-0.15, -0.1) is 24.0 Å². The summed E-state index contributed by atoms with van der Waals surface area (Å²) in [4.78, 5) is 31.8. The Morgan fingerprint density at radius 2 is 1.72 bits per heavy atom. The summed E-state index contributed by atoms with van der Waals surface area (Å²) in [6, 6.07) is 9.78. The fourth-order valence-corrected chi connectivity index (χ4v) is 3.97. The zero-order valence-electron chi connectivity index (χ0n) is 18.4. The number of urea groups is 1. The fourth-order valence-electron chi connectivity index (χ4n) is 3.97. The van der Waals surface area contributed by atoms with Crippen molar-refractivity contribution in [2.45, 2.75) is 19.4 Å². The van der Waals surface area contributed by atoms with E-state index in [4.69, 9.17) is 0 Å². The number of amides is 2. The van der Waals surface area contributed by atoms with Crippen LogP contribution in [-0.4, -0.2) is 78.1 Å². The molecule has 172 valence electrons. The number of carbonyl (C=O) groups is 1. The van der Waals surface area contributed by atoms with Crippen LogP contribution in [0.4, 0.5) is 16.4 Å². The summed E-state index contributed by atoms with van der Waals surface area (Å²) in [6.45, 7) is 5.72. The molecule has 9 nitrogen and oxygen atoms in total. The van der Waals surface area contributed by atoms with E-state index < -0.39 is 0 Å². The zero-order valence-corrected chi connectivity index (χ0v) is 20.7. The molecule has 4 rings (SSSR count). The van der Waals surface area contributed by atoms with E-state index in [1.54, 1.807) is 12.4 Å². The van der Waals surface area contributed by atoms with Crippen LogP contribution >= 0.6 is 24.0 Å². The van der Waals surface area contributed by atoms with Gasteiger partial charge in [-0.3, -0.25) is 4.99 Å². The molecule has 2 N–H and O–H groups in total. The lowest BCUT2D eigenvalue weighted by atomic mass is 10.2. The van der Waals surface area contributed by atoms with E-state index in [1.165, 1.54) is 0 Å². The van der Waals surface area contributed by atoms with Crippen molar-refractivity contribution in [1.29, 1.82) is 0 Å². The lowest BCUT2D eigenvalue weighted by Crippen LogP contribution is -2.52. The van der Waals surface area contributed by atoms with Crippen LogP contribution in [0.5, 0.6) is 0 Å². The highest BCUT2D eigenvalue weighted by molar-refractivity contribution is 14.0. The van der Waals surface area contributed by atoms with Gasteiger partial charge < -0.3 is 25.3 Å². The topological polar surface area (TPSA) is 89.0 Å². The number of nitrogens with zero attached hydrogens (tertiary/aromatic N) is 6. The number of likely N-dealkylation sites (tertiary alicyclic amines) is 1. The Labute approximate surface area is 206 Å². The molecule has 0 spiro atoms. The molecular formula is C22H31IN8O. The summed E-state index contributed by atoms with van der Waals surface area (Å²) in [5.41, 5.74) is 1.92. The number of nitrogens with one attached hydrogen (secondary N) is 2. The standard InChI is InChI=1S/C22H30N8O.HI/c1-23-20(28-12-14-29(15-13-28)21-24-8-5-9-25-21)26-17-18-6-4-7-19(16-18)27-22(31)30-10-2-3-11-30;/h4-9,16H,2-3,10-15,17H2,1H3,(H,23,26)(H,27,31);1H. The molecule has 10 heteroatoms. The molecule has 2 aromatic rings. The van der Waals surface area contributed by atoms with Crippen molar-refractivity contribution in [3.8, 4) is 0 Å². The van der Waals surface area contributed by atoms with E-state index in [2.05, 4.69) is 41.5 Å². The number of carbonyl (C=O) groups excluding carboxylic acids is 1. The Morgan fingerprint density at radius 1 is 1.00 bits per heavy atom. The summed E-state index contributed by atoms with van der Waals surface area (Å²) in [5, 5.41) is 6.46. The van der Waals surface area contributed by atoms with E-state index in [0.29, 0.717) is 6.54 Å². The summed E-state index contributed by atoms with van der Waals surface area (Å²) in [6.07, 6.45) is 5.72. The fraction of sp³-hybridized carbons (Fsp3) is 0.455. The number of benzene rings is 1. The van der Waals surface area contributed by atoms with Crippen LogP contribution in [0.2, 0.25) is 0 Å². The third-order valence-electron chi connectivity index (χ3n) is 5.65. The van der Waals surface area contributed by atoms with Crippen molar-refractivity contribution in [1.82, 2.24) is 25.1 Å². The molecule has 1 aromatic carbocycles. The molecule has 1 aromatic heterocycles. The Balaban J connectivity index is 0.00000289. The maximum atomic E-state index is 12.3. The van der Waals surface area contributed by atoms with E-state index in [1.807, 2.05) is 36.2 Å². The number of hydrogen-bond donors (Lipinski definition) is 2. The Hall–Kier alpha value is -2.63. The van der Waals surface area contributed by atoms with E-state index in [0.717, 1.165) is 75.3 Å². The summed E-state index contributed by atoms with van der Waals surface area (Å²) in [7, 11) is 1.81. The van der Waals surface area contributed by atoms with E-state index in [9.17, 15) is 4.79 Å². The quantitative estimate of drug-likeness (QED) is 0.346. The second-order valence-electron chi connectivity index (χ2n) is 7.75. The molecule has 2 saturated heterocycles. The van der Waals surface area contributed by atoms with Crippen LogP contribution in [0.3, 0.4) is 0 Å². The molecule has 3 heterocycles. The predicted octanol–water partition coefficient (Wildman–Crippen LogP) is 2.62. The smallest absolute Gasteiger partial charge is 0.321 e. The lowest BCUT2D eigenvalue weighted by Gasteiger charge is -2.36. The number of hydrogen-bond acceptors (Lipinski definition) is 5. The SMILES string of the molecule is CN=C(NCc1cccc(NC(=O)N2CCCC2)c1)N1CCN(c2ncccn2)CC1.I. The van der Waals surface area contributed by atoms with Gasteiger partial charge in [0.25, 0.3) is 0 Å². The van der Waals surface area contributed by atoms with Crippen molar-refractivity contribution in [3.63, 3.8) is 0 Å². The van der Waals surface area contributed by atoms with Crippen molar-refractivity contribution in [3.05, 3.63) is 48.3 Å². The van der Waals surface area contributed by atoms with E-state index in [-0.39, 0.29) is 30.0 Å². The molecule has 0 unspecified atom stereocenters. The maximum Gasteiger partial charge on any atom is 0.321 e. The number of aromatic nitrogens is 2. The first-order chi connectivity index (χ1) is 15.2. The van der Waals surface area contributed by atoms with Crippen molar-refractivity contribution >= 4 is 47.6 Å². The second kappa shape index (κ2) is 11.8. The van der Waals surface area contributed by atoms with Gasteiger partial charge in [0.2, 0.25) is 5.95 Å². The van der Waals surface area contributed by atoms with Crippen molar-refractivity contribution in [2.75, 3.05) is 56.5 Å². The van der Waals surface area contributed by atoms with Gasteiger partial charge in [-0.25, -0.2) is 14.8 Å². The Kier molecular flexibility index (Phi) is 8.89. The molecule has 0 aliphatic carbocycles. The van der Waals surface area contributed by atoms with Crippen molar-refractivity contribution < 1.29 is 4.79 Å². The number of rotatable bonds is 4. The minimum Gasteiger partial charge on any atom is -0.352 e. The first-order valence-electron chi connectivity index (χ1n) is 10.9. The van der Waals surface area contributed by atoms with Gasteiger partial charge in [0, 0.05) is 70.9 Å². The number of guanidine groups is 1. The number of anilines is 2. The van der Waals surface area contributed by atoms with Gasteiger partial charge in [0.05, 0.1) is 0 Å². The molecule has 0 bridgehead atoms. The lowest BCUT2D eigenvalue weighted by molar-refractivity contribution is 0.222. The van der Waals surface area contributed by atoms with Gasteiger partial charge >= 0.3 is 6.03 Å². The maximum absolute atomic E-state index is 12.3. The van der Waals surface area contributed by atoms with Gasteiger partial charge in [-0.2, -0.15) is 0 Å². The monoisotopic (exact) mass is 550 g/mol. The van der Waals surface area contributed by atoms with Gasteiger partial charge in [0.1, 0.15) is 0 Å². The van der Waals surface area contributed by atoms with Crippen LogP contribution in [0.1, 0.15) is 18.4 Å². The molecule has 2 amide bonds. The highest BCUT2D eigenvalue weighted by Gasteiger charge is 2.21. The second-order valence-corrected chi connectivity index (χ2v) is 7.75. The first kappa shape index (κ1) is 24.0. The van der Waals surface area contributed by atoms with Crippen LogP contribution < -0.4 is 15.5 Å². The average Bonchev–Trinajstić information content (AvgIpc) is 3.36. The molecule has 0 atom stereocenters. The van der Waals surface area contributed by atoms with Crippen molar-refractivity contribution in [2.24, 2.45) is 4.99 Å². The van der Waals surface area contributed by atoms with Gasteiger partial charge in [-0.05, 0) is 36.6 Å². The molecule has 0 radical (unpaired) electrons. The summed E-state index contributed by atoms with van der Waals surface area (Å²) in [5.74, 6) is 1.65. The van der Waals surface area contributed by atoms with Crippen LogP contribution in [0.15, 0.2) is 47.7 Å². The summed E-state index contributed by atoms with van der Waals surface area (Å²) >= 11 is 0. The number of piperazine rings is 1. The van der Waals surface area contributed by atoms with Crippen LogP contribution in [0, 0.1) is 0 Å². The molecule has 2 fully saturated rings. The van der Waals surface area contributed by atoms with Gasteiger partial charge in [0.15, 0.2) is 5.96 Å². The average molecular weight is 550 g/mol. The highest BCUT2D eigenvalue weighted by atomic mass is 127. The minimum atomic E-state index is -0.0151. The Morgan fingerprint density at radius 3 is 2.41 bits per heavy atom. The van der Waals surface area contributed by atoms with Crippen LogP contribution in [-0.2, 0) is 6.54 Å². The molecule has 2 aliphatic heterocycles. The molecule has 0 saturated carbocycles. The number of halogens is 1. The van der Waals surface area contributed by atoms with Crippen LogP contribution in [0.25, 0.3) is 0 Å². The molecule has 2 aliphatic rings. The normalized spacial score (nSPS) is 16.5. The Bertz CT molecular complexity index is 896. The zero-order chi connectivity index (χ0) is 21.5. The molecular weight excluding hydrogens is 519 g/mol. The number of aliphatic imine (C=N–C) groups is 1. The summed E-state index contributed by atoms with van der Waals surface area (Å²) < 4.78 is 0. The predicted molar refractivity (Wildman–Crippen MR) is 138 cm³/mol. The first-order valence-corrected chi connectivity index (χ1v) is 10.9. The molecule has 32 heavy (non-hydrogen) atoms.